The first kappa shape index (κ1) is 14.8. The van der Waals surface area contributed by atoms with Gasteiger partial charge in [0.25, 0.3) is 0 Å². The zero-order chi connectivity index (χ0) is 13.8. The second kappa shape index (κ2) is 6.08. The Morgan fingerprint density at radius 1 is 1.44 bits per heavy atom. The van der Waals surface area contributed by atoms with Crippen LogP contribution in [0.15, 0.2) is 0 Å². The molecule has 0 saturated carbocycles. The van der Waals surface area contributed by atoms with Crippen molar-refractivity contribution in [3.8, 4) is 6.07 Å². The van der Waals surface area contributed by atoms with Crippen LogP contribution < -0.4 is 0 Å². The van der Waals surface area contributed by atoms with Crippen LogP contribution in [0.3, 0.4) is 0 Å². The lowest BCUT2D eigenvalue weighted by atomic mass is 9.94. The molecule has 1 amide bonds. The molecule has 0 aliphatic carbocycles. The average Bonchev–Trinajstić information content (AvgIpc) is 2.23. The first-order chi connectivity index (χ1) is 8.35. The summed E-state index contributed by atoms with van der Waals surface area (Å²) in [5.41, 5.74) is -0.464. The molecule has 1 aliphatic heterocycles. The number of hydrogen-bond acceptors (Lipinski definition) is 3. The molecule has 1 fully saturated rings. The maximum Gasteiger partial charge on any atom is 0.410 e. The second-order valence-corrected chi connectivity index (χ2v) is 6.02. The van der Waals surface area contributed by atoms with Gasteiger partial charge in [0.1, 0.15) is 5.60 Å². The van der Waals surface area contributed by atoms with Gasteiger partial charge in [0.2, 0.25) is 0 Å². The van der Waals surface area contributed by atoms with Crippen molar-refractivity contribution in [1.29, 1.82) is 5.26 Å². The quantitative estimate of drug-likeness (QED) is 0.756. The van der Waals surface area contributed by atoms with E-state index in [0.29, 0.717) is 6.42 Å². The number of amides is 1. The highest BCUT2D eigenvalue weighted by Crippen LogP contribution is 2.27. The minimum absolute atomic E-state index is 0.156. The summed E-state index contributed by atoms with van der Waals surface area (Å²) in [5.74, 6) is 0. The zero-order valence-electron chi connectivity index (χ0n) is 11.9. The number of ether oxygens (including phenoxy) is 1. The van der Waals surface area contributed by atoms with Crippen LogP contribution >= 0.6 is 0 Å². The number of hydrogen-bond donors (Lipinski definition) is 0. The number of likely N-dealkylation sites (tertiary alicyclic amines) is 1. The predicted molar refractivity (Wildman–Crippen MR) is 70.0 cm³/mol. The van der Waals surface area contributed by atoms with Crippen molar-refractivity contribution >= 4 is 6.09 Å². The molecule has 4 nitrogen and oxygen atoms in total. The third kappa shape index (κ3) is 4.21. The van der Waals surface area contributed by atoms with Crippen LogP contribution in [0.2, 0.25) is 0 Å². The highest BCUT2D eigenvalue weighted by molar-refractivity contribution is 5.69. The summed E-state index contributed by atoms with van der Waals surface area (Å²) in [5, 5.41) is 8.69. The third-order valence-electron chi connectivity index (χ3n) is 3.22. The maximum absolute atomic E-state index is 12.2. The molecule has 0 aromatic carbocycles. The summed E-state index contributed by atoms with van der Waals surface area (Å²) in [4.78, 5) is 14.1. The molecule has 0 aromatic rings. The van der Waals surface area contributed by atoms with E-state index >= 15 is 0 Å². The van der Waals surface area contributed by atoms with Gasteiger partial charge >= 0.3 is 6.09 Å². The van der Waals surface area contributed by atoms with Crippen molar-refractivity contribution in [2.75, 3.05) is 0 Å². The molecule has 1 aliphatic rings. The molecule has 102 valence electrons. The predicted octanol–water partition coefficient (Wildman–Crippen LogP) is 3.47. The van der Waals surface area contributed by atoms with E-state index in [1.54, 1.807) is 0 Å². The van der Waals surface area contributed by atoms with Crippen molar-refractivity contribution in [2.24, 2.45) is 0 Å². The smallest absolute Gasteiger partial charge is 0.410 e. The summed E-state index contributed by atoms with van der Waals surface area (Å²) in [7, 11) is 0. The van der Waals surface area contributed by atoms with E-state index in [9.17, 15) is 4.79 Å². The lowest BCUT2D eigenvalue weighted by molar-refractivity contribution is -0.00375. The van der Waals surface area contributed by atoms with Gasteiger partial charge in [0.15, 0.2) is 0 Å². The van der Waals surface area contributed by atoms with E-state index < -0.39 is 5.60 Å². The van der Waals surface area contributed by atoms with Crippen LogP contribution in [0, 0.1) is 11.3 Å². The summed E-state index contributed by atoms with van der Waals surface area (Å²) in [6.45, 7) is 7.69. The second-order valence-electron chi connectivity index (χ2n) is 6.02. The van der Waals surface area contributed by atoms with Crippen molar-refractivity contribution in [1.82, 2.24) is 4.90 Å². The van der Waals surface area contributed by atoms with Gasteiger partial charge in [0.05, 0.1) is 6.07 Å². The molecule has 1 heterocycles. The Morgan fingerprint density at radius 2 is 2.11 bits per heavy atom. The Morgan fingerprint density at radius 3 is 2.67 bits per heavy atom. The van der Waals surface area contributed by atoms with Gasteiger partial charge < -0.3 is 9.64 Å². The zero-order valence-corrected chi connectivity index (χ0v) is 11.9. The highest BCUT2D eigenvalue weighted by Gasteiger charge is 2.34. The molecule has 1 saturated heterocycles. The van der Waals surface area contributed by atoms with E-state index in [-0.39, 0.29) is 18.2 Å². The molecule has 0 spiro atoms. The van der Waals surface area contributed by atoms with Crippen LogP contribution in [0.5, 0.6) is 0 Å². The summed E-state index contributed by atoms with van der Waals surface area (Å²) < 4.78 is 5.46. The SMILES string of the molecule is CC1CCCC(CCC#N)N1C(=O)OC(C)(C)C. The maximum atomic E-state index is 12.2. The Balaban J connectivity index is 2.72. The number of nitrogens with zero attached hydrogens (tertiary/aromatic N) is 2. The fourth-order valence-corrected chi connectivity index (χ4v) is 2.45. The molecular weight excluding hydrogens is 228 g/mol. The number of rotatable bonds is 2. The molecule has 0 aromatic heterocycles. The van der Waals surface area contributed by atoms with E-state index in [2.05, 4.69) is 13.0 Å². The molecule has 4 heteroatoms. The van der Waals surface area contributed by atoms with Gasteiger partial charge in [-0.25, -0.2) is 4.79 Å². The van der Waals surface area contributed by atoms with E-state index in [0.717, 1.165) is 25.7 Å². The topological polar surface area (TPSA) is 53.3 Å². The fraction of sp³-hybridized carbons (Fsp3) is 0.857. The van der Waals surface area contributed by atoms with Crippen molar-refractivity contribution in [3.05, 3.63) is 0 Å². The number of carbonyl (C=O) groups is 1. The molecule has 18 heavy (non-hydrogen) atoms. The van der Waals surface area contributed by atoms with Crippen molar-refractivity contribution in [2.45, 2.75) is 77.5 Å². The van der Waals surface area contributed by atoms with Crippen molar-refractivity contribution in [3.63, 3.8) is 0 Å². The summed E-state index contributed by atoms with van der Waals surface area (Å²) in [6, 6.07) is 2.52. The first-order valence-corrected chi connectivity index (χ1v) is 6.73. The molecule has 0 radical (unpaired) electrons. The van der Waals surface area contributed by atoms with E-state index in [4.69, 9.17) is 10.00 Å². The van der Waals surface area contributed by atoms with Gasteiger partial charge in [-0.2, -0.15) is 5.26 Å². The Bertz CT molecular complexity index is 328. The van der Waals surface area contributed by atoms with Gasteiger partial charge in [-0.1, -0.05) is 0 Å². The van der Waals surface area contributed by atoms with Crippen LogP contribution in [0.1, 0.15) is 59.8 Å². The first-order valence-electron chi connectivity index (χ1n) is 6.73. The van der Waals surface area contributed by atoms with Gasteiger partial charge in [-0.15, -0.1) is 0 Å². The van der Waals surface area contributed by atoms with Gasteiger partial charge in [-0.05, 0) is 53.4 Å². The van der Waals surface area contributed by atoms with E-state index in [1.165, 1.54) is 0 Å². The molecule has 0 bridgehead atoms. The normalized spacial score (nSPS) is 24.5. The molecule has 0 N–H and O–H groups in total. The minimum Gasteiger partial charge on any atom is -0.444 e. The van der Waals surface area contributed by atoms with Crippen molar-refractivity contribution < 1.29 is 9.53 Å². The van der Waals surface area contributed by atoms with Crippen LogP contribution in [0.25, 0.3) is 0 Å². The third-order valence-corrected chi connectivity index (χ3v) is 3.22. The van der Waals surface area contributed by atoms with Crippen LogP contribution in [-0.2, 0) is 4.74 Å². The van der Waals surface area contributed by atoms with Crippen LogP contribution in [0.4, 0.5) is 4.79 Å². The molecule has 2 unspecified atom stereocenters. The number of nitriles is 1. The Hall–Kier alpha value is -1.24. The molecule has 2 atom stereocenters. The Kier molecular flexibility index (Phi) is 5.01. The van der Waals surface area contributed by atoms with E-state index in [1.807, 2.05) is 25.7 Å². The van der Waals surface area contributed by atoms with Crippen LogP contribution in [-0.4, -0.2) is 28.7 Å². The molecular formula is C14H24N2O2. The number of carbonyl (C=O) groups excluding carboxylic acids is 1. The summed E-state index contributed by atoms with van der Waals surface area (Å²) in [6.07, 6.45) is 4.12. The monoisotopic (exact) mass is 252 g/mol. The number of piperidine rings is 1. The van der Waals surface area contributed by atoms with Gasteiger partial charge in [0, 0.05) is 18.5 Å². The average molecular weight is 252 g/mol. The standard InChI is InChI=1S/C14H24N2O2/c1-11-7-5-8-12(9-6-10-15)16(11)13(17)18-14(2,3)4/h11-12H,5-9H2,1-4H3. The molecule has 1 rings (SSSR count). The largest absolute Gasteiger partial charge is 0.444 e. The highest BCUT2D eigenvalue weighted by atomic mass is 16.6. The van der Waals surface area contributed by atoms with Gasteiger partial charge in [-0.3, -0.25) is 0 Å². The Labute approximate surface area is 110 Å². The minimum atomic E-state index is -0.464. The fourth-order valence-electron chi connectivity index (χ4n) is 2.45. The lowest BCUT2D eigenvalue weighted by Crippen LogP contribution is -2.50. The summed E-state index contributed by atoms with van der Waals surface area (Å²) >= 11 is 0. The lowest BCUT2D eigenvalue weighted by Gasteiger charge is -2.41.